The van der Waals surface area contributed by atoms with Crippen molar-refractivity contribution in [3.8, 4) is 12.3 Å². The summed E-state index contributed by atoms with van der Waals surface area (Å²) in [6, 6.07) is 7.82. The van der Waals surface area contributed by atoms with Crippen molar-refractivity contribution in [2.45, 2.75) is 4.90 Å². The first-order valence-electron chi connectivity index (χ1n) is 4.28. The molecular formula is C11H9NOS. The predicted molar refractivity (Wildman–Crippen MR) is 58.4 cm³/mol. The Labute approximate surface area is 87.3 Å². The van der Waals surface area contributed by atoms with E-state index in [1.54, 1.807) is 16.7 Å². The van der Waals surface area contributed by atoms with Crippen molar-refractivity contribution in [1.82, 2.24) is 0 Å². The second-order valence-corrected chi connectivity index (χ2v) is 3.96. The van der Waals surface area contributed by atoms with Gasteiger partial charge in [0.2, 0.25) is 5.91 Å². The number of carbonyl (C=O) groups is 1. The van der Waals surface area contributed by atoms with E-state index in [2.05, 4.69) is 5.92 Å². The minimum Gasteiger partial charge on any atom is -0.299 e. The predicted octanol–water partition coefficient (Wildman–Crippen LogP) is 1.76. The topological polar surface area (TPSA) is 20.3 Å². The number of terminal acetylenes is 1. The van der Waals surface area contributed by atoms with E-state index in [0.29, 0.717) is 12.3 Å². The smallest absolute Gasteiger partial charge is 0.238 e. The fraction of sp³-hybridized carbons (Fsp3) is 0.182. The maximum Gasteiger partial charge on any atom is 0.238 e. The second-order valence-electron chi connectivity index (χ2n) is 2.94. The van der Waals surface area contributed by atoms with Crippen molar-refractivity contribution in [3.05, 3.63) is 24.3 Å². The van der Waals surface area contributed by atoms with Crippen LogP contribution in [0.4, 0.5) is 5.69 Å². The summed E-state index contributed by atoms with van der Waals surface area (Å²) in [7, 11) is 0. The van der Waals surface area contributed by atoms with Gasteiger partial charge in [0.25, 0.3) is 0 Å². The van der Waals surface area contributed by atoms with E-state index >= 15 is 0 Å². The number of hydrogen-bond donors (Lipinski definition) is 0. The normalized spacial score (nSPS) is 14.8. The molecule has 0 saturated carbocycles. The van der Waals surface area contributed by atoms with Crippen molar-refractivity contribution >= 4 is 23.4 Å². The highest BCUT2D eigenvalue weighted by molar-refractivity contribution is 8.00. The van der Waals surface area contributed by atoms with Crippen LogP contribution in [0.25, 0.3) is 0 Å². The molecule has 1 heterocycles. The van der Waals surface area contributed by atoms with Gasteiger partial charge in [0.15, 0.2) is 0 Å². The molecule has 0 saturated heterocycles. The van der Waals surface area contributed by atoms with Crippen LogP contribution in [0, 0.1) is 12.3 Å². The van der Waals surface area contributed by atoms with Gasteiger partial charge in [0.1, 0.15) is 0 Å². The van der Waals surface area contributed by atoms with Gasteiger partial charge in [0.05, 0.1) is 18.0 Å². The number of para-hydroxylation sites is 1. The lowest BCUT2D eigenvalue weighted by Gasteiger charge is -2.26. The Balaban J connectivity index is 2.42. The molecule has 1 amide bonds. The highest BCUT2D eigenvalue weighted by Gasteiger charge is 2.22. The van der Waals surface area contributed by atoms with E-state index in [4.69, 9.17) is 6.42 Å². The molecule has 0 N–H and O–H groups in total. The lowest BCUT2D eigenvalue weighted by atomic mass is 10.2. The average molecular weight is 203 g/mol. The van der Waals surface area contributed by atoms with E-state index < -0.39 is 0 Å². The molecule has 14 heavy (non-hydrogen) atoms. The summed E-state index contributed by atoms with van der Waals surface area (Å²) >= 11 is 1.57. The average Bonchev–Trinajstić information content (AvgIpc) is 2.23. The third-order valence-electron chi connectivity index (χ3n) is 2.06. The van der Waals surface area contributed by atoms with E-state index in [1.807, 2.05) is 24.3 Å². The molecule has 0 unspecified atom stereocenters. The third kappa shape index (κ3) is 1.49. The summed E-state index contributed by atoms with van der Waals surface area (Å²) in [5, 5.41) is 0. The van der Waals surface area contributed by atoms with Crippen LogP contribution in [-0.4, -0.2) is 18.2 Å². The first-order valence-corrected chi connectivity index (χ1v) is 5.27. The standard InChI is InChI=1S/C11H9NOS/c1-2-7-12-9-5-3-4-6-10(9)14-8-11(12)13/h1,3-6H,7-8H2. The molecule has 0 aromatic heterocycles. The molecule has 0 atom stereocenters. The number of anilines is 1. The van der Waals surface area contributed by atoms with Crippen molar-refractivity contribution in [2.75, 3.05) is 17.2 Å². The van der Waals surface area contributed by atoms with Crippen LogP contribution in [0.15, 0.2) is 29.2 Å². The van der Waals surface area contributed by atoms with Crippen molar-refractivity contribution in [2.24, 2.45) is 0 Å². The highest BCUT2D eigenvalue weighted by atomic mass is 32.2. The summed E-state index contributed by atoms with van der Waals surface area (Å²) in [5.74, 6) is 3.08. The number of rotatable bonds is 1. The number of benzene rings is 1. The second kappa shape index (κ2) is 3.77. The summed E-state index contributed by atoms with van der Waals surface area (Å²) in [6.07, 6.45) is 5.23. The molecule has 0 radical (unpaired) electrons. The molecule has 0 fully saturated rings. The van der Waals surface area contributed by atoms with Gasteiger partial charge in [-0.25, -0.2) is 0 Å². The van der Waals surface area contributed by atoms with Gasteiger partial charge >= 0.3 is 0 Å². The molecule has 0 aliphatic carbocycles. The van der Waals surface area contributed by atoms with Crippen molar-refractivity contribution in [3.63, 3.8) is 0 Å². The number of hydrogen-bond acceptors (Lipinski definition) is 2. The molecule has 70 valence electrons. The molecular weight excluding hydrogens is 194 g/mol. The largest absolute Gasteiger partial charge is 0.299 e. The maximum absolute atomic E-state index is 11.6. The number of nitrogens with zero attached hydrogens (tertiary/aromatic N) is 1. The lowest BCUT2D eigenvalue weighted by molar-refractivity contribution is -0.116. The van der Waals surface area contributed by atoms with Gasteiger partial charge in [-0.3, -0.25) is 9.69 Å². The maximum atomic E-state index is 11.6. The number of fused-ring (bicyclic) bond motifs is 1. The summed E-state index contributed by atoms with van der Waals surface area (Å²) in [4.78, 5) is 14.3. The zero-order valence-electron chi connectivity index (χ0n) is 7.56. The van der Waals surface area contributed by atoms with Crippen LogP contribution in [-0.2, 0) is 4.79 Å². The molecule has 1 aromatic carbocycles. The van der Waals surface area contributed by atoms with E-state index in [0.717, 1.165) is 10.6 Å². The first kappa shape index (κ1) is 9.17. The number of carbonyl (C=O) groups excluding carboxylic acids is 1. The first-order chi connectivity index (χ1) is 6.83. The van der Waals surface area contributed by atoms with E-state index in [9.17, 15) is 4.79 Å². The molecule has 0 bridgehead atoms. The lowest BCUT2D eigenvalue weighted by Crippen LogP contribution is -2.35. The molecule has 1 aliphatic rings. The molecule has 0 spiro atoms. The Hall–Kier alpha value is -1.40. The quantitative estimate of drug-likeness (QED) is 0.648. The van der Waals surface area contributed by atoms with Crippen LogP contribution < -0.4 is 4.90 Å². The van der Waals surface area contributed by atoms with Gasteiger partial charge in [-0.05, 0) is 12.1 Å². The third-order valence-corrected chi connectivity index (χ3v) is 3.11. The van der Waals surface area contributed by atoms with Gasteiger partial charge in [-0.1, -0.05) is 18.1 Å². The Bertz CT molecular complexity index is 408. The number of amides is 1. The van der Waals surface area contributed by atoms with Gasteiger partial charge in [0, 0.05) is 4.90 Å². The highest BCUT2D eigenvalue weighted by Crippen LogP contribution is 2.34. The fourth-order valence-electron chi connectivity index (χ4n) is 1.42. The Morgan fingerprint density at radius 1 is 1.50 bits per heavy atom. The van der Waals surface area contributed by atoms with Crippen LogP contribution in [0.5, 0.6) is 0 Å². The van der Waals surface area contributed by atoms with E-state index in [-0.39, 0.29) is 5.91 Å². The minimum atomic E-state index is 0.0895. The zero-order chi connectivity index (χ0) is 9.97. The molecule has 2 rings (SSSR count). The monoisotopic (exact) mass is 203 g/mol. The van der Waals surface area contributed by atoms with Gasteiger partial charge < -0.3 is 0 Å². The Morgan fingerprint density at radius 2 is 2.29 bits per heavy atom. The fourth-order valence-corrected chi connectivity index (χ4v) is 2.35. The van der Waals surface area contributed by atoms with Crippen LogP contribution >= 0.6 is 11.8 Å². The Kier molecular flexibility index (Phi) is 2.47. The molecule has 2 nitrogen and oxygen atoms in total. The summed E-state index contributed by atoms with van der Waals surface area (Å²) < 4.78 is 0. The summed E-state index contributed by atoms with van der Waals surface area (Å²) in [5.41, 5.74) is 0.937. The SMILES string of the molecule is C#CCN1C(=O)CSc2ccccc21. The van der Waals surface area contributed by atoms with Crippen molar-refractivity contribution in [1.29, 1.82) is 0 Å². The molecule has 1 aromatic rings. The van der Waals surface area contributed by atoms with Crippen LogP contribution in [0.3, 0.4) is 0 Å². The van der Waals surface area contributed by atoms with E-state index in [1.165, 1.54) is 0 Å². The van der Waals surface area contributed by atoms with Gasteiger partial charge in [-0.2, -0.15) is 0 Å². The Morgan fingerprint density at radius 3 is 3.07 bits per heavy atom. The van der Waals surface area contributed by atoms with Crippen LogP contribution in [0.2, 0.25) is 0 Å². The van der Waals surface area contributed by atoms with Gasteiger partial charge in [-0.15, -0.1) is 18.2 Å². The minimum absolute atomic E-state index is 0.0895. The number of thioether (sulfide) groups is 1. The van der Waals surface area contributed by atoms with Crippen LogP contribution in [0.1, 0.15) is 0 Å². The zero-order valence-corrected chi connectivity index (χ0v) is 8.38. The molecule has 3 heteroatoms. The molecule has 1 aliphatic heterocycles. The van der Waals surface area contributed by atoms with Crippen molar-refractivity contribution < 1.29 is 4.79 Å². The summed E-state index contributed by atoms with van der Waals surface area (Å²) in [6.45, 7) is 0.358.